The van der Waals surface area contributed by atoms with Gasteiger partial charge in [0.2, 0.25) is 5.91 Å². The number of nitrogens with zero attached hydrogens (tertiary/aromatic N) is 2. The van der Waals surface area contributed by atoms with Crippen molar-refractivity contribution < 1.29 is 9.18 Å². The summed E-state index contributed by atoms with van der Waals surface area (Å²) in [5, 5.41) is 2.90. The largest absolute Gasteiger partial charge is 0.314 e. The summed E-state index contributed by atoms with van der Waals surface area (Å²) in [6, 6.07) is 15.0. The predicted molar refractivity (Wildman–Crippen MR) is 126 cm³/mol. The first-order valence-electron chi connectivity index (χ1n) is 11.0. The van der Waals surface area contributed by atoms with Crippen LogP contribution in [0.5, 0.6) is 0 Å². The van der Waals surface area contributed by atoms with Gasteiger partial charge in [0.15, 0.2) is 0 Å². The molecule has 0 bridgehead atoms. The van der Waals surface area contributed by atoms with Gasteiger partial charge in [-0.3, -0.25) is 9.79 Å². The number of rotatable bonds is 8. The molecule has 31 heavy (non-hydrogen) atoms. The molecule has 0 saturated carbocycles. The summed E-state index contributed by atoms with van der Waals surface area (Å²) < 4.78 is 13.7. The number of carbonyl (C=O) groups excluding carboxylic acids is 1. The molecule has 5 heteroatoms. The van der Waals surface area contributed by atoms with Gasteiger partial charge in [0, 0.05) is 18.2 Å². The number of fused-ring (bicyclic) bond motifs is 1. The number of nitrogens with one attached hydrogen (secondary N) is 1. The Morgan fingerprint density at radius 2 is 1.97 bits per heavy atom. The highest BCUT2D eigenvalue weighted by molar-refractivity contribution is 5.97. The summed E-state index contributed by atoms with van der Waals surface area (Å²) in [6.07, 6.45) is 7.24. The van der Waals surface area contributed by atoms with Gasteiger partial charge in [-0.25, -0.2) is 9.38 Å². The lowest BCUT2D eigenvalue weighted by atomic mass is 9.92. The Morgan fingerprint density at radius 1 is 1.16 bits per heavy atom. The van der Waals surface area contributed by atoms with Gasteiger partial charge in [0.25, 0.3) is 0 Å². The lowest BCUT2D eigenvalue weighted by Gasteiger charge is -2.19. The van der Waals surface area contributed by atoms with Crippen molar-refractivity contribution in [2.45, 2.75) is 58.8 Å². The number of hydrogen-bond donors (Lipinski definition) is 1. The summed E-state index contributed by atoms with van der Waals surface area (Å²) in [5.41, 5.74) is 4.70. The van der Waals surface area contributed by atoms with Crippen molar-refractivity contribution in [1.82, 2.24) is 5.32 Å². The van der Waals surface area contributed by atoms with Gasteiger partial charge in [0.05, 0.1) is 11.4 Å². The molecule has 3 rings (SSSR count). The molecule has 0 unspecified atom stereocenters. The summed E-state index contributed by atoms with van der Waals surface area (Å²) in [5.74, 6) is 0.294. The lowest BCUT2D eigenvalue weighted by Crippen LogP contribution is -2.28. The van der Waals surface area contributed by atoms with E-state index in [9.17, 15) is 9.18 Å². The zero-order valence-corrected chi connectivity index (χ0v) is 18.3. The van der Waals surface area contributed by atoms with Gasteiger partial charge < -0.3 is 5.32 Å². The van der Waals surface area contributed by atoms with E-state index in [0.717, 1.165) is 48.2 Å². The fourth-order valence-electron chi connectivity index (χ4n) is 3.66. The topological polar surface area (TPSA) is 53.8 Å². The smallest absolute Gasteiger partial charge is 0.225 e. The van der Waals surface area contributed by atoms with E-state index in [4.69, 9.17) is 0 Å². The Kier molecular flexibility index (Phi) is 8.27. The van der Waals surface area contributed by atoms with Gasteiger partial charge in [-0.2, -0.15) is 0 Å². The average molecular weight is 420 g/mol. The molecule has 4 nitrogen and oxygen atoms in total. The monoisotopic (exact) mass is 419 g/mol. The fraction of sp³-hybridized carbons (Fsp3) is 0.346. The van der Waals surface area contributed by atoms with E-state index in [2.05, 4.69) is 34.4 Å². The molecule has 0 radical (unpaired) electrons. The van der Waals surface area contributed by atoms with E-state index in [1.165, 1.54) is 11.6 Å². The minimum absolute atomic E-state index is 0.0351. The number of amides is 1. The van der Waals surface area contributed by atoms with Crippen LogP contribution in [0.25, 0.3) is 5.70 Å². The molecule has 162 valence electrons. The molecule has 2 aromatic carbocycles. The molecule has 0 atom stereocenters. The number of benzene rings is 2. The average Bonchev–Trinajstić information content (AvgIpc) is 2.75. The normalized spacial score (nSPS) is 14.1. The molecule has 0 aromatic heterocycles. The van der Waals surface area contributed by atoms with Gasteiger partial charge in [-0.1, -0.05) is 43.7 Å². The molecule has 1 amide bonds. The Balaban J connectivity index is 1.69. The minimum atomic E-state index is -0.235. The van der Waals surface area contributed by atoms with Crippen LogP contribution in [0.2, 0.25) is 0 Å². The Hall–Kier alpha value is -3.08. The zero-order chi connectivity index (χ0) is 22.1. The Bertz CT molecular complexity index is 993. The van der Waals surface area contributed by atoms with Crippen LogP contribution < -0.4 is 5.32 Å². The first-order valence-corrected chi connectivity index (χ1v) is 11.0. The van der Waals surface area contributed by atoms with Crippen LogP contribution in [0.1, 0.15) is 62.6 Å². The van der Waals surface area contributed by atoms with Crippen molar-refractivity contribution in [2.75, 3.05) is 0 Å². The number of aliphatic imine (C=N–C) groups is 2. The molecule has 2 aromatic rings. The number of hydrogen-bond acceptors (Lipinski definition) is 3. The number of allylic oxidation sites excluding steroid dienone is 1. The van der Waals surface area contributed by atoms with E-state index in [0.29, 0.717) is 25.1 Å². The van der Waals surface area contributed by atoms with Crippen LogP contribution in [-0.4, -0.2) is 18.0 Å². The van der Waals surface area contributed by atoms with Crippen LogP contribution in [-0.2, 0) is 17.6 Å². The molecule has 1 N–H and O–H groups in total. The molecule has 1 aliphatic rings. The first-order chi connectivity index (χ1) is 15.1. The van der Waals surface area contributed by atoms with Crippen molar-refractivity contribution in [1.29, 1.82) is 0 Å². The first kappa shape index (κ1) is 22.6. The van der Waals surface area contributed by atoms with Crippen LogP contribution in [0.3, 0.4) is 0 Å². The number of amidine groups is 1. The highest BCUT2D eigenvalue weighted by Crippen LogP contribution is 2.33. The highest BCUT2D eigenvalue weighted by Gasteiger charge is 2.19. The summed E-state index contributed by atoms with van der Waals surface area (Å²) in [6.45, 7) is 3.90. The molecule has 1 aliphatic carbocycles. The highest BCUT2D eigenvalue weighted by atomic mass is 19.1. The van der Waals surface area contributed by atoms with E-state index in [1.807, 2.05) is 24.4 Å². The number of unbranched alkanes of at least 4 members (excludes halogenated alkanes) is 1. The summed E-state index contributed by atoms with van der Waals surface area (Å²) in [4.78, 5) is 21.7. The molecule has 0 spiro atoms. The van der Waals surface area contributed by atoms with Crippen LogP contribution >= 0.6 is 0 Å². The van der Waals surface area contributed by atoms with Crippen LogP contribution in [0, 0.1) is 5.82 Å². The second kappa shape index (κ2) is 11.3. The molecular weight excluding hydrogens is 389 g/mol. The second-order valence-corrected chi connectivity index (χ2v) is 7.78. The Morgan fingerprint density at radius 3 is 2.74 bits per heavy atom. The lowest BCUT2D eigenvalue weighted by molar-refractivity contribution is -0.119. The van der Waals surface area contributed by atoms with Crippen molar-refractivity contribution >= 4 is 23.7 Å². The molecule has 0 aliphatic heterocycles. The van der Waals surface area contributed by atoms with Crippen molar-refractivity contribution in [3.05, 3.63) is 76.7 Å². The maximum atomic E-state index is 13.7. The fourth-order valence-corrected chi connectivity index (χ4v) is 3.66. The molecule has 0 fully saturated rings. The predicted octanol–water partition coefficient (Wildman–Crippen LogP) is 5.87. The number of carbonyl (C=O) groups is 1. The number of aryl methyl sites for hydroxylation is 2. The van der Waals surface area contributed by atoms with Crippen molar-refractivity contribution in [3.63, 3.8) is 0 Å². The van der Waals surface area contributed by atoms with Crippen molar-refractivity contribution in [3.8, 4) is 0 Å². The van der Waals surface area contributed by atoms with Gasteiger partial charge in [0.1, 0.15) is 11.7 Å². The van der Waals surface area contributed by atoms with E-state index < -0.39 is 0 Å². The maximum Gasteiger partial charge on any atom is 0.225 e. The van der Waals surface area contributed by atoms with E-state index >= 15 is 0 Å². The van der Waals surface area contributed by atoms with Gasteiger partial charge >= 0.3 is 0 Å². The quantitative estimate of drug-likeness (QED) is 0.422. The molecular formula is C26H30FN3O. The third-order valence-electron chi connectivity index (χ3n) is 5.20. The summed E-state index contributed by atoms with van der Waals surface area (Å²) in [7, 11) is 0. The van der Waals surface area contributed by atoms with E-state index in [1.54, 1.807) is 19.1 Å². The second-order valence-electron chi connectivity index (χ2n) is 7.78. The zero-order valence-electron chi connectivity index (χ0n) is 18.3. The SMILES string of the molecule is CCCC=NC1=C(N=C(C)NC(=O)CCCc2ccccc2)CCc2cc(F)ccc21. The van der Waals surface area contributed by atoms with Crippen LogP contribution in [0.15, 0.2) is 64.2 Å². The van der Waals surface area contributed by atoms with Gasteiger partial charge in [-0.15, -0.1) is 0 Å². The number of halogens is 1. The maximum absolute atomic E-state index is 13.7. The van der Waals surface area contributed by atoms with Gasteiger partial charge in [-0.05, 0) is 68.4 Å². The minimum Gasteiger partial charge on any atom is -0.314 e. The third-order valence-corrected chi connectivity index (χ3v) is 5.20. The third kappa shape index (κ3) is 6.71. The van der Waals surface area contributed by atoms with E-state index in [-0.39, 0.29) is 11.7 Å². The van der Waals surface area contributed by atoms with Crippen molar-refractivity contribution in [2.24, 2.45) is 9.98 Å². The Labute approximate surface area is 184 Å². The van der Waals surface area contributed by atoms with Crippen LogP contribution in [0.4, 0.5) is 4.39 Å². The standard InChI is InChI=1S/C26H30FN3O/c1-3-4-17-28-26-23-15-14-22(27)18-21(23)13-16-24(26)29-19(2)30-25(31)12-8-11-20-9-6-5-7-10-20/h5-7,9-10,14-15,17-18H,3-4,8,11-13,16H2,1-2H3,(H,29,30,31). The summed E-state index contributed by atoms with van der Waals surface area (Å²) >= 11 is 0. The molecule has 0 saturated heterocycles. The molecule has 0 heterocycles.